The van der Waals surface area contributed by atoms with Crippen molar-refractivity contribution in [2.24, 2.45) is 0 Å². The van der Waals surface area contributed by atoms with Crippen LogP contribution in [-0.2, 0) is 30.4 Å². The summed E-state index contributed by atoms with van der Waals surface area (Å²) in [6, 6.07) is 12.8. The molecule has 1 amide bonds. The minimum absolute atomic E-state index is 0.0415. The molecule has 4 rings (SSSR count). The van der Waals surface area contributed by atoms with Gasteiger partial charge in [0, 0.05) is 39.1 Å². The van der Waals surface area contributed by atoms with Crippen LogP contribution in [0.25, 0.3) is 11.1 Å². The summed E-state index contributed by atoms with van der Waals surface area (Å²) in [4.78, 5) is 36.5. The van der Waals surface area contributed by atoms with Gasteiger partial charge in [-0.2, -0.15) is 26.3 Å². The molecule has 2 unspecified atom stereocenters. The molecule has 16 heteroatoms. The molecule has 1 spiro atoms. The molecule has 10 nitrogen and oxygen atoms in total. The SMILES string of the molecule is COCC(=O)NC1CCCCC12CN(Cc1cccc(-c3ccncc3)c1)CCO2.O=C(O)C(F)(F)F.O=C(O)C(F)(F)F. The molecule has 1 aromatic carbocycles. The summed E-state index contributed by atoms with van der Waals surface area (Å²) in [5.74, 6) is -5.57. The average Bonchev–Trinajstić information content (AvgIpc) is 2.95. The number of carboxylic acid groups (broad SMARTS) is 2. The Bertz CT molecular complexity index is 1200. The number of pyridine rings is 1. The number of rotatable bonds is 6. The number of carboxylic acids is 2. The largest absolute Gasteiger partial charge is 0.490 e. The summed E-state index contributed by atoms with van der Waals surface area (Å²) >= 11 is 0. The predicted molar refractivity (Wildman–Crippen MR) is 143 cm³/mol. The summed E-state index contributed by atoms with van der Waals surface area (Å²) < 4.78 is 74.8. The van der Waals surface area contributed by atoms with E-state index in [4.69, 9.17) is 29.3 Å². The van der Waals surface area contributed by atoms with Gasteiger partial charge in [0.1, 0.15) is 12.2 Å². The fraction of sp³-hybridized carbons (Fsp3) is 0.500. The van der Waals surface area contributed by atoms with Crippen LogP contribution in [0.15, 0.2) is 48.8 Å². The maximum atomic E-state index is 12.2. The Kier molecular flexibility index (Phi) is 13.5. The lowest BCUT2D eigenvalue weighted by atomic mass is 9.78. The third-order valence-electron chi connectivity index (χ3n) is 6.71. The van der Waals surface area contributed by atoms with E-state index >= 15 is 0 Å². The van der Waals surface area contributed by atoms with Crippen LogP contribution in [0.5, 0.6) is 0 Å². The molecule has 2 atom stereocenters. The molecule has 1 aliphatic carbocycles. The highest BCUT2D eigenvalue weighted by Gasteiger charge is 2.45. The number of carbonyl (C=O) groups is 3. The van der Waals surface area contributed by atoms with Crippen LogP contribution < -0.4 is 5.32 Å². The van der Waals surface area contributed by atoms with Gasteiger partial charge in [0.15, 0.2) is 0 Å². The van der Waals surface area contributed by atoms with E-state index in [1.807, 2.05) is 24.5 Å². The fourth-order valence-corrected chi connectivity index (χ4v) is 4.81. The van der Waals surface area contributed by atoms with Gasteiger partial charge in [0.25, 0.3) is 0 Å². The van der Waals surface area contributed by atoms with Gasteiger partial charge >= 0.3 is 24.3 Å². The highest BCUT2D eigenvalue weighted by Crippen LogP contribution is 2.35. The molecule has 0 radical (unpaired) electrons. The third kappa shape index (κ3) is 11.7. The van der Waals surface area contributed by atoms with Crippen LogP contribution in [0, 0.1) is 0 Å². The fourth-order valence-electron chi connectivity index (χ4n) is 4.81. The van der Waals surface area contributed by atoms with E-state index < -0.39 is 24.3 Å². The Morgan fingerprint density at radius 1 is 1.02 bits per heavy atom. The number of alkyl halides is 6. The maximum Gasteiger partial charge on any atom is 0.490 e. The quantitative estimate of drug-likeness (QED) is 0.396. The second-order valence-electron chi connectivity index (χ2n) is 9.96. The smallest absolute Gasteiger partial charge is 0.475 e. The first-order chi connectivity index (χ1) is 20.6. The van der Waals surface area contributed by atoms with E-state index in [9.17, 15) is 31.1 Å². The standard InChI is InChI=1S/C24H31N3O3.2C2HF3O2/c1-29-17-23(28)26-22-7-2-3-10-24(22)18-27(13-14-30-24)16-19-5-4-6-21(15-19)20-8-11-25-12-9-20;2*3-2(4,5)1(6)7/h4-6,8-9,11-12,15,22H,2-3,7,10,13-14,16-18H2,1H3,(H,26,28);2*(H,6,7). The van der Waals surface area contributed by atoms with Crippen LogP contribution >= 0.6 is 0 Å². The minimum Gasteiger partial charge on any atom is -0.475 e. The molecule has 2 fully saturated rings. The first-order valence-electron chi connectivity index (χ1n) is 13.3. The van der Waals surface area contributed by atoms with E-state index in [0.29, 0.717) is 6.61 Å². The lowest BCUT2D eigenvalue weighted by Crippen LogP contribution is -2.64. The van der Waals surface area contributed by atoms with Crippen molar-refractivity contribution in [1.82, 2.24) is 15.2 Å². The number of nitrogens with one attached hydrogen (secondary N) is 1. The summed E-state index contributed by atoms with van der Waals surface area (Å²) in [5, 5.41) is 17.4. The Balaban J connectivity index is 0.000000402. The monoisotopic (exact) mass is 637 g/mol. The number of halogens is 6. The van der Waals surface area contributed by atoms with Gasteiger partial charge in [-0.15, -0.1) is 0 Å². The van der Waals surface area contributed by atoms with Gasteiger partial charge in [-0.1, -0.05) is 31.0 Å². The van der Waals surface area contributed by atoms with E-state index in [0.717, 1.165) is 45.3 Å². The number of amides is 1. The molecule has 1 saturated heterocycles. The Morgan fingerprint density at radius 3 is 2.20 bits per heavy atom. The molecule has 2 aliphatic rings. The van der Waals surface area contributed by atoms with Crippen LogP contribution in [0.1, 0.15) is 31.2 Å². The van der Waals surface area contributed by atoms with Gasteiger partial charge in [-0.3, -0.25) is 14.7 Å². The highest BCUT2D eigenvalue weighted by atomic mass is 19.4. The van der Waals surface area contributed by atoms with Crippen LogP contribution in [0.4, 0.5) is 26.3 Å². The number of ether oxygens (including phenoxy) is 2. The van der Waals surface area contributed by atoms with Gasteiger partial charge in [-0.05, 0) is 47.7 Å². The van der Waals surface area contributed by atoms with Crippen molar-refractivity contribution in [2.75, 3.05) is 33.4 Å². The van der Waals surface area contributed by atoms with Crippen molar-refractivity contribution in [3.05, 3.63) is 54.4 Å². The molecule has 0 bridgehead atoms. The van der Waals surface area contributed by atoms with Gasteiger partial charge in [-0.25, -0.2) is 9.59 Å². The zero-order valence-electron chi connectivity index (χ0n) is 23.7. The molecule has 2 aromatic rings. The van der Waals surface area contributed by atoms with Crippen molar-refractivity contribution in [2.45, 2.75) is 56.2 Å². The molecule has 244 valence electrons. The van der Waals surface area contributed by atoms with Crippen molar-refractivity contribution in [3.8, 4) is 11.1 Å². The number of morpholine rings is 1. The first kappa shape index (κ1) is 36.4. The van der Waals surface area contributed by atoms with Crippen molar-refractivity contribution in [3.63, 3.8) is 0 Å². The van der Waals surface area contributed by atoms with E-state index in [2.05, 4.69) is 39.5 Å². The van der Waals surface area contributed by atoms with Gasteiger partial charge < -0.3 is 25.0 Å². The first-order valence-corrected chi connectivity index (χ1v) is 13.3. The number of hydrogen-bond acceptors (Lipinski definition) is 7. The number of methoxy groups -OCH3 is 1. The Morgan fingerprint density at radius 2 is 1.64 bits per heavy atom. The topological polar surface area (TPSA) is 138 Å². The molecule has 3 N–H and O–H groups in total. The third-order valence-corrected chi connectivity index (χ3v) is 6.71. The predicted octanol–water partition coefficient (Wildman–Crippen LogP) is 4.29. The number of aliphatic carboxylic acids is 2. The second-order valence-corrected chi connectivity index (χ2v) is 9.96. The Hall–Kier alpha value is -3.76. The molecule has 44 heavy (non-hydrogen) atoms. The highest BCUT2D eigenvalue weighted by molar-refractivity contribution is 5.77. The molecule has 2 heterocycles. The molecule has 1 saturated carbocycles. The Labute approximate surface area is 249 Å². The normalized spacial score (nSPS) is 20.4. The van der Waals surface area contributed by atoms with Crippen LogP contribution in [0.3, 0.4) is 0 Å². The maximum absolute atomic E-state index is 12.2. The number of benzene rings is 1. The van der Waals surface area contributed by atoms with E-state index in [1.54, 1.807) is 7.11 Å². The number of hydrogen-bond donors (Lipinski definition) is 3. The van der Waals surface area contributed by atoms with Crippen molar-refractivity contribution >= 4 is 17.8 Å². The van der Waals surface area contributed by atoms with Crippen molar-refractivity contribution < 1.29 is 60.4 Å². The van der Waals surface area contributed by atoms with Gasteiger partial charge in [0.05, 0.1) is 12.6 Å². The lowest BCUT2D eigenvalue weighted by molar-refractivity contribution is -0.193. The van der Waals surface area contributed by atoms with Crippen molar-refractivity contribution in [1.29, 1.82) is 0 Å². The number of carbonyl (C=O) groups excluding carboxylic acids is 1. The summed E-state index contributed by atoms with van der Waals surface area (Å²) in [5.41, 5.74) is 3.37. The minimum atomic E-state index is -5.08. The second kappa shape index (κ2) is 16.4. The zero-order chi connectivity index (χ0) is 33.0. The zero-order valence-corrected chi connectivity index (χ0v) is 23.7. The van der Waals surface area contributed by atoms with Crippen LogP contribution in [0.2, 0.25) is 0 Å². The van der Waals surface area contributed by atoms with Crippen LogP contribution in [-0.4, -0.2) is 95.4 Å². The molecular formula is C28H33F6N3O7. The summed E-state index contributed by atoms with van der Waals surface area (Å²) in [7, 11) is 1.55. The van der Waals surface area contributed by atoms with E-state index in [1.165, 1.54) is 16.7 Å². The molecular weight excluding hydrogens is 604 g/mol. The number of nitrogens with zero attached hydrogens (tertiary/aromatic N) is 2. The summed E-state index contributed by atoms with van der Waals surface area (Å²) in [6.07, 6.45) is -2.30. The van der Waals surface area contributed by atoms with Gasteiger partial charge in [0.2, 0.25) is 5.91 Å². The van der Waals surface area contributed by atoms with E-state index in [-0.39, 0.29) is 24.2 Å². The summed E-state index contributed by atoms with van der Waals surface area (Å²) in [6.45, 7) is 3.41. The molecule has 1 aromatic heterocycles. The average molecular weight is 638 g/mol. The number of aromatic nitrogens is 1. The molecule has 1 aliphatic heterocycles. The lowest BCUT2D eigenvalue weighted by Gasteiger charge is -2.49.